The number of hydrogen-bond donors (Lipinski definition) is 1. The second-order valence-electron chi connectivity index (χ2n) is 5.40. The number of alkyl halides is 3. The van der Waals surface area contributed by atoms with E-state index in [-0.39, 0.29) is 17.9 Å². The van der Waals surface area contributed by atoms with Crippen LogP contribution in [-0.4, -0.2) is 20.1 Å². The summed E-state index contributed by atoms with van der Waals surface area (Å²) in [5.41, 5.74) is -4.24. The van der Waals surface area contributed by atoms with Gasteiger partial charge in [0.2, 0.25) is 0 Å². The fourth-order valence-electron chi connectivity index (χ4n) is 1.92. The molecule has 0 aliphatic carbocycles. The molecule has 0 saturated carbocycles. The molecule has 27 heavy (non-hydrogen) atoms. The highest BCUT2D eigenvalue weighted by atomic mass is 35.5. The molecule has 1 N–H and O–H groups in total. The number of oxime groups is 1. The van der Waals surface area contributed by atoms with Crippen molar-refractivity contribution < 1.29 is 26.4 Å². The van der Waals surface area contributed by atoms with E-state index in [2.05, 4.69) is 5.16 Å². The lowest BCUT2D eigenvalue weighted by Gasteiger charge is -2.12. The van der Waals surface area contributed by atoms with Gasteiger partial charge in [-0.05, 0) is 36.8 Å². The zero-order chi connectivity index (χ0) is 20.2. The van der Waals surface area contributed by atoms with Crippen molar-refractivity contribution in [3.05, 3.63) is 63.1 Å². The first-order valence-corrected chi connectivity index (χ1v) is 9.52. The molecule has 2 aromatic carbocycles. The highest BCUT2D eigenvalue weighted by Gasteiger charge is 2.46. The van der Waals surface area contributed by atoms with Crippen molar-refractivity contribution in [1.29, 1.82) is 0 Å². The number of rotatable bonds is 6. The summed E-state index contributed by atoms with van der Waals surface area (Å²) in [4.78, 5) is 5.08. The summed E-state index contributed by atoms with van der Waals surface area (Å²) in [5.74, 6) is 0. The van der Waals surface area contributed by atoms with E-state index in [9.17, 15) is 21.6 Å². The van der Waals surface area contributed by atoms with Gasteiger partial charge >= 0.3 is 15.5 Å². The van der Waals surface area contributed by atoms with Gasteiger partial charge in [0, 0.05) is 5.56 Å². The zero-order valence-corrected chi connectivity index (χ0v) is 16.0. The molecular weight excluding hydrogens is 428 g/mol. The number of hydrogen-bond acceptors (Lipinski definition) is 4. The van der Waals surface area contributed by atoms with Crippen LogP contribution in [0.4, 0.5) is 18.9 Å². The molecule has 0 aliphatic rings. The second-order valence-corrected chi connectivity index (χ2v) is 7.89. The van der Waals surface area contributed by atoms with Gasteiger partial charge in [0.1, 0.15) is 6.61 Å². The number of halogens is 5. The first-order chi connectivity index (χ1) is 12.5. The van der Waals surface area contributed by atoms with E-state index in [0.29, 0.717) is 21.2 Å². The molecule has 0 amide bonds. The van der Waals surface area contributed by atoms with E-state index in [1.807, 2.05) is 0 Å². The molecule has 0 saturated heterocycles. The minimum Gasteiger partial charge on any atom is -0.391 e. The molecule has 0 aromatic heterocycles. The van der Waals surface area contributed by atoms with E-state index in [0.717, 1.165) is 6.21 Å². The SMILES string of the molecule is Cc1ccc(NS(=O)(=O)C(F)(F)F)c(/C=N/OCc2ccc(Cl)c(Cl)c2)c1. The molecule has 0 aliphatic heterocycles. The minimum atomic E-state index is -5.55. The third-order valence-corrected chi connectivity index (χ3v) is 5.07. The van der Waals surface area contributed by atoms with Crippen molar-refractivity contribution in [3.8, 4) is 0 Å². The Labute approximate surface area is 163 Å². The average molecular weight is 441 g/mol. The summed E-state index contributed by atoms with van der Waals surface area (Å²) >= 11 is 11.7. The summed E-state index contributed by atoms with van der Waals surface area (Å²) in [6, 6.07) is 8.95. The molecule has 11 heteroatoms. The molecule has 146 valence electrons. The second kappa shape index (κ2) is 8.37. The maximum Gasteiger partial charge on any atom is 0.516 e. The monoisotopic (exact) mass is 440 g/mol. The van der Waals surface area contributed by atoms with Crippen LogP contribution in [-0.2, 0) is 21.5 Å². The van der Waals surface area contributed by atoms with E-state index in [4.69, 9.17) is 28.0 Å². The van der Waals surface area contributed by atoms with Crippen molar-refractivity contribution in [2.45, 2.75) is 19.0 Å². The van der Waals surface area contributed by atoms with Crippen molar-refractivity contribution in [2.75, 3.05) is 4.72 Å². The standard InChI is InChI=1S/C16H13Cl2F3N2O3S/c1-10-2-5-15(23-27(24,25)16(19,20)21)12(6-10)8-22-26-9-11-3-4-13(17)14(18)7-11/h2-8,23H,9H2,1H3/b22-8+. The first-order valence-electron chi connectivity index (χ1n) is 7.28. The van der Waals surface area contributed by atoms with Gasteiger partial charge in [-0.2, -0.15) is 21.6 Å². The molecule has 0 atom stereocenters. The molecule has 0 radical (unpaired) electrons. The zero-order valence-electron chi connectivity index (χ0n) is 13.7. The van der Waals surface area contributed by atoms with Crippen LogP contribution in [0.5, 0.6) is 0 Å². The predicted octanol–water partition coefficient (Wildman–Crippen LogP) is 5.11. The van der Waals surface area contributed by atoms with Crippen molar-refractivity contribution in [2.24, 2.45) is 5.16 Å². The Kier molecular flexibility index (Phi) is 6.61. The Hall–Kier alpha value is -1.97. The molecule has 0 unspecified atom stereocenters. The predicted molar refractivity (Wildman–Crippen MR) is 98.6 cm³/mol. The van der Waals surface area contributed by atoms with Gasteiger partial charge in [0.05, 0.1) is 21.9 Å². The van der Waals surface area contributed by atoms with Gasteiger partial charge in [0.15, 0.2) is 0 Å². The highest BCUT2D eigenvalue weighted by molar-refractivity contribution is 7.93. The Bertz CT molecular complexity index is 964. The third kappa shape index (κ3) is 5.75. The lowest BCUT2D eigenvalue weighted by Crippen LogP contribution is -2.30. The third-order valence-electron chi connectivity index (χ3n) is 3.24. The lowest BCUT2D eigenvalue weighted by atomic mass is 10.1. The number of sulfonamides is 1. The fraction of sp³-hybridized carbons (Fsp3) is 0.188. The number of aryl methyl sites for hydroxylation is 1. The first kappa shape index (κ1) is 21.3. The molecule has 0 bridgehead atoms. The summed E-state index contributed by atoms with van der Waals surface area (Å²) < 4.78 is 61.8. The summed E-state index contributed by atoms with van der Waals surface area (Å²) in [7, 11) is -5.55. The summed E-state index contributed by atoms with van der Waals surface area (Å²) in [6.45, 7) is 1.72. The van der Waals surface area contributed by atoms with Gasteiger partial charge in [-0.3, -0.25) is 4.72 Å². The van der Waals surface area contributed by atoms with Crippen LogP contribution in [0.15, 0.2) is 41.6 Å². The quantitative estimate of drug-likeness (QED) is 0.500. The van der Waals surface area contributed by atoms with Crippen molar-refractivity contribution >= 4 is 45.1 Å². The highest BCUT2D eigenvalue weighted by Crippen LogP contribution is 2.27. The smallest absolute Gasteiger partial charge is 0.391 e. The van der Waals surface area contributed by atoms with Gasteiger partial charge < -0.3 is 4.84 Å². The van der Waals surface area contributed by atoms with Crippen LogP contribution in [0.2, 0.25) is 10.0 Å². The molecule has 5 nitrogen and oxygen atoms in total. The van der Waals surface area contributed by atoms with E-state index < -0.39 is 15.5 Å². The van der Waals surface area contributed by atoms with Gasteiger partial charge in [-0.15, -0.1) is 0 Å². The maximum atomic E-state index is 12.6. The maximum absolute atomic E-state index is 12.6. The Morgan fingerprint density at radius 1 is 1.15 bits per heavy atom. The van der Waals surface area contributed by atoms with Crippen molar-refractivity contribution in [1.82, 2.24) is 0 Å². The largest absolute Gasteiger partial charge is 0.516 e. The van der Waals surface area contributed by atoms with Gasteiger partial charge in [0.25, 0.3) is 0 Å². The van der Waals surface area contributed by atoms with Crippen LogP contribution < -0.4 is 4.72 Å². The number of benzene rings is 2. The Morgan fingerprint density at radius 3 is 2.48 bits per heavy atom. The van der Waals surface area contributed by atoms with Crippen molar-refractivity contribution in [3.63, 3.8) is 0 Å². The molecule has 0 fully saturated rings. The molecule has 0 spiro atoms. The number of nitrogens with one attached hydrogen (secondary N) is 1. The van der Waals surface area contributed by atoms with E-state index >= 15 is 0 Å². The van der Waals surface area contributed by atoms with Crippen LogP contribution in [0, 0.1) is 6.92 Å². The number of nitrogens with zero attached hydrogens (tertiary/aromatic N) is 1. The molecule has 2 rings (SSSR count). The normalized spacial score (nSPS) is 12.4. The summed E-state index contributed by atoms with van der Waals surface area (Å²) in [5, 5.41) is 4.38. The number of anilines is 1. The topological polar surface area (TPSA) is 67.8 Å². The Balaban J connectivity index is 2.14. The minimum absolute atomic E-state index is 0.0306. The van der Waals surface area contributed by atoms with Crippen LogP contribution in [0.1, 0.15) is 16.7 Å². The van der Waals surface area contributed by atoms with E-state index in [1.54, 1.807) is 25.1 Å². The average Bonchev–Trinajstić information content (AvgIpc) is 2.56. The lowest BCUT2D eigenvalue weighted by molar-refractivity contribution is -0.0429. The molecule has 2 aromatic rings. The van der Waals surface area contributed by atoms with E-state index in [1.165, 1.54) is 22.9 Å². The van der Waals surface area contributed by atoms with Crippen LogP contribution >= 0.6 is 23.2 Å². The fourth-order valence-corrected chi connectivity index (χ4v) is 2.83. The van der Waals surface area contributed by atoms with Crippen LogP contribution in [0.25, 0.3) is 0 Å². The summed E-state index contributed by atoms with van der Waals surface area (Å²) in [6.07, 6.45) is 1.11. The molecular formula is C16H13Cl2F3N2O3S. The molecule has 0 heterocycles. The van der Waals surface area contributed by atoms with Crippen LogP contribution in [0.3, 0.4) is 0 Å². The van der Waals surface area contributed by atoms with Gasteiger partial charge in [-0.1, -0.05) is 46.1 Å². The van der Waals surface area contributed by atoms with Gasteiger partial charge in [-0.25, -0.2) is 0 Å². The Morgan fingerprint density at radius 2 is 1.85 bits per heavy atom.